The average molecular weight is 337 g/mol. The number of aliphatic hydroxyl groups is 1. The maximum Gasteiger partial charge on any atom is 0.417 e. The highest BCUT2D eigenvalue weighted by molar-refractivity contribution is 7.11. The van der Waals surface area contributed by atoms with Crippen LogP contribution in [-0.2, 0) is 13.0 Å². The number of hydrogen-bond acceptors (Lipinski definition) is 4. The molecule has 0 radical (unpaired) electrons. The molecule has 0 atom stereocenters. The summed E-state index contributed by atoms with van der Waals surface area (Å²) in [6.07, 6.45) is -3.04. The number of hydrogen-bond donors (Lipinski definition) is 2. The fourth-order valence-electron chi connectivity index (χ4n) is 2.22. The quantitative estimate of drug-likeness (QED) is 0.889. The third-order valence-corrected chi connectivity index (χ3v) is 4.89. The number of alkyl halides is 3. The first kappa shape index (κ1) is 17.0. The number of nitrogens with one attached hydrogen (secondary N) is 1. The molecule has 124 valence electrons. The monoisotopic (exact) mass is 337 g/mol. The van der Waals surface area contributed by atoms with Gasteiger partial charge >= 0.3 is 12.2 Å². The van der Waals surface area contributed by atoms with Crippen LogP contribution in [0.25, 0.3) is 0 Å². The number of carbonyl (C=O) groups excluding carboxylic acids is 1. The molecule has 0 bridgehead atoms. The number of aryl methyl sites for hydroxylation is 1. The van der Waals surface area contributed by atoms with Crippen LogP contribution in [0.2, 0.25) is 0 Å². The number of thiazole rings is 1. The van der Waals surface area contributed by atoms with Gasteiger partial charge in [-0.15, -0.1) is 11.3 Å². The van der Waals surface area contributed by atoms with E-state index in [2.05, 4.69) is 10.3 Å². The highest BCUT2D eigenvalue weighted by Gasteiger charge is 2.54. The molecular weight excluding hydrogens is 319 g/mol. The van der Waals surface area contributed by atoms with Gasteiger partial charge in [-0.05, 0) is 6.42 Å². The van der Waals surface area contributed by atoms with E-state index in [0.29, 0.717) is 0 Å². The Labute approximate surface area is 130 Å². The van der Waals surface area contributed by atoms with Gasteiger partial charge < -0.3 is 15.3 Å². The Kier molecular flexibility index (Phi) is 4.96. The standard InChI is InChI=1S/C13H18F3N3O2S/c1-2-9-7-17-10(22-9)8-18-11(20)19-5-3-12(21,4-6-19)13(14,15)16/h7,21H,2-6,8H2,1H3,(H,18,20). The number of urea groups is 1. The Morgan fingerprint density at radius 1 is 1.50 bits per heavy atom. The molecule has 5 nitrogen and oxygen atoms in total. The number of amides is 2. The number of nitrogens with zero attached hydrogens (tertiary/aromatic N) is 2. The third kappa shape index (κ3) is 3.70. The first-order valence-electron chi connectivity index (χ1n) is 7.00. The maximum absolute atomic E-state index is 12.7. The van der Waals surface area contributed by atoms with E-state index >= 15 is 0 Å². The predicted molar refractivity (Wildman–Crippen MR) is 75.5 cm³/mol. The zero-order valence-electron chi connectivity index (χ0n) is 12.1. The van der Waals surface area contributed by atoms with Crippen molar-refractivity contribution < 1.29 is 23.1 Å². The van der Waals surface area contributed by atoms with Crippen molar-refractivity contribution >= 4 is 17.4 Å². The van der Waals surface area contributed by atoms with Crippen molar-refractivity contribution in [2.75, 3.05) is 13.1 Å². The molecule has 9 heteroatoms. The van der Waals surface area contributed by atoms with Crippen LogP contribution in [0.5, 0.6) is 0 Å². The second-order valence-corrected chi connectivity index (χ2v) is 6.45. The first-order chi connectivity index (χ1) is 10.2. The van der Waals surface area contributed by atoms with Crippen LogP contribution in [0, 0.1) is 0 Å². The van der Waals surface area contributed by atoms with Crippen molar-refractivity contribution in [2.45, 2.75) is 44.5 Å². The zero-order chi connectivity index (χ0) is 16.4. The highest BCUT2D eigenvalue weighted by Crippen LogP contribution is 2.38. The molecule has 0 aromatic carbocycles. The van der Waals surface area contributed by atoms with Crippen molar-refractivity contribution in [3.63, 3.8) is 0 Å². The van der Waals surface area contributed by atoms with E-state index in [-0.39, 0.29) is 19.6 Å². The van der Waals surface area contributed by atoms with Crippen LogP contribution in [0.15, 0.2) is 6.20 Å². The Morgan fingerprint density at radius 3 is 2.64 bits per heavy atom. The van der Waals surface area contributed by atoms with Gasteiger partial charge in [0.15, 0.2) is 5.60 Å². The van der Waals surface area contributed by atoms with Gasteiger partial charge in [-0.3, -0.25) is 0 Å². The SMILES string of the molecule is CCc1cnc(CNC(=O)N2CCC(O)(C(F)(F)F)CC2)s1. The summed E-state index contributed by atoms with van der Waals surface area (Å²) in [6.45, 7) is 2.01. The first-order valence-corrected chi connectivity index (χ1v) is 7.82. The molecule has 2 heterocycles. The highest BCUT2D eigenvalue weighted by atomic mass is 32.1. The average Bonchev–Trinajstić information content (AvgIpc) is 2.92. The Bertz CT molecular complexity index is 525. The summed E-state index contributed by atoms with van der Waals surface area (Å²) in [5.41, 5.74) is -2.69. The second kappa shape index (κ2) is 6.41. The number of likely N-dealkylation sites (tertiary alicyclic amines) is 1. The molecule has 1 aliphatic heterocycles. The van der Waals surface area contributed by atoms with E-state index in [0.717, 1.165) is 16.3 Å². The van der Waals surface area contributed by atoms with Crippen molar-refractivity contribution in [1.82, 2.24) is 15.2 Å². The molecule has 1 aliphatic rings. The largest absolute Gasteiger partial charge is 0.417 e. The maximum atomic E-state index is 12.7. The van der Waals surface area contributed by atoms with Gasteiger partial charge in [-0.1, -0.05) is 6.92 Å². The molecule has 22 heavy (non-hydrogen) atoms. The number of halogens is 3. The normalized spacial score (nSPS) is 18.3. The van der Waals surface area contributed by atoms with Gasteiger partial charge in [-0.2, -0.15) is 13.2 Å². The van der Waals surface area contributed by atoms with Gasteiger partial charge in [0.1, 0.15) is 5.01 Å². The van der Waals surface area contributed by atoms with Crippen LogP contribution in [0.4, 0.5) is 18.0 Å². The number of piperidine rings is 1. The lowest BCUT2D eigenvalue weighted by Crippen LogP contribution is -2.55. The fraction of sp³-hybridized carbons (Fsp3) is 0.692. The molecular formula is C13H18F3N3O2S. The van der Waals surface area contributed by atoms with E-state index in [4.69, 9.17) is 0 Å². The molecule has 0 aliphatic carbocycles. The lowest BCUT2D eigenvalue weighted by molar-refractivity contribution is -0.271. The third-order valence-electron chi connectivity index (χ3n) is 3.75. The van der Waals surface area contributed by atoms with E-state index in [9.17, 15) is 23.1 Å². The summed E-state index contributed by atoms with van der Waals surface area (Å²) in [7, 11) is 0. The predicted octanol–water partition coefficient (Wildman–Crippen LogP) is 2.30. The lowest BCUT2D eigenvalue weighted by atomic mass is 9.91. The van der Waals surface area contributed by atoms with Crippen molar-refractivity contribution in [3.05, 3.63) is 16.1 Å². The summed E-state index contributed by atoms with van der Waals surface area (Å²) in [4.78, 5) is 18.5. The van der Waals surface area contributed by atoms with Crippen LogP contribution < -0.4 is 5.32 Å². The smallest absolute Gasteiger partial charge is 0.380 e. The lowest BCUT2D eigenvalue weighted by Gasteiger charge is -2.38. The van der Waals surface area contributed by atoms with Crippen molar-refractivity contribution in [1.29, 1.82) is 0 Å². The van der Waals surface area contributed by atoms with E-state index < -0.39 is 30.7 Å². The van der Waals surface area contributed by atoms with Gasteiger partial charge in [-0.25, -0.2) is 9.78 Å². The van der Waals surface area contributed by atoms with Gasteiger partial charge in [0.25, 0.3) is 0 Å². The van der Waals surface area contributed by atoms with Crippen LogP contribution in [0.3, 0.4) is 0 Å². The van der Waals surface area contributed by atoms with Crippen LogP contribution >= 0.6 is 11.3 Å². The molecule has 1 fully saturated rings. The zero-order valence-corrected chi connectivity index (χ0v) is 12.9. The summed E-state index contributed by atoms with van der Waals surface area (Å²) in [5.74, 6) is 0. The molecule has 2 amide bonds. The fourth-order valence-corrected chi connectivity index (χ4v) is 3.02. The van der Waals surface area contributed by atoms with Crippen molar-refractivity contribution in [3.8, 4) is 0 Å². The molecule has 2 N–H and O–H groups in total. The second-order valence-electron chi connectivity index (χ2n) is 5.25. The Balaban J connectivity index is 1.82. The number of carbonyl (C=O) groups is 1. The minimum Gasteiger partial charge on any atom is -0.380 e. The van der Waals surface area contributed by atoms with E-state index in [1.165, 1.54) is 16.2 Å². The molecule has 0 spiro atoms. The Morgan fingerprint density at radius 2 is 2.14 bits per heavy atom. The summed E-state index contributed by atoms with van der Waals surface area (Å²) < 4.78 is 38.0. The summed E-state index contributed by atoms with van der Waals surface area (Å²) in [6, 6.07) is -0.433. The van der Waals surface area contributed by atoms with Gasteiger partial charge in [0, 0.05) is 37.0 Å². The van der Waals surface area contributed by atoms with E-state index in [1.54, 1.807) is 6.20 Å². The van der Waals surface area contributed by atoms with Gasteiger partial charge in [0.2, 0.25) is 0 Å². The number of rotatable bonds is 3. The molecule has 2 rings (SSSR count). The number of aromatic nitrogens is 1. The van der Waals surface area contributed by atoms with Gasteiger partial charge in [0.05, 0.1) is 6.54 Å². The molecule has 1 aromatic heterocycles. The minimum absolute atomic E-state index is 0.125. The minimum atomic E-state index is -4.66. The summed E-state index contributed by atoms with van der Waals surface area (Å²) >= 11 is 1.49. The van der Waals surface area contributed by atoms with Crippen molar-refractivity contribution in [2.24, 2.45) is 0 Å². The topological polar surface area (TPSA) is 65.5 Å². The molecule has 1 aromatic rings. The summed E-state index contributed by atoms with van der Waals surface area (Å²) in [5, 5.41) is 13.0. The molecule has 1 saturated heterocycles. The molecule has 0 saturated carbocycles. The molecule has 0 unspecified atom stereocenters. The van der Waals surface area contributed by atoms with Crippen LogP contribution in [-0.4, -0.2) is 45.9 Å². The Hall–Kier alpha value is -1.35. The van der Waals surface area contributed by atoms with E-state index in [1.807, 2.05) is 6.92 Å². The van der Waals surface area contributed by atoms with Crippen LogP contribution in [0.1, 0.15) is 29.7 Å².